The van der Waals surface area contributed by atoms with E-state index in [1.165, 1.54) is 0 Å². The number of fused-ring (bicyclic) bond motifs is 1. The van der Waals surface area contributed by atoms with Crippen molar-refractivity contribution < 1.29 is 14.3 Å². The molecule has 106 valence electrons. The fourth-order valence-electron chi connectivity index (χ4n) is 2.05. The second kappa shape index (κ2) is 6.89. The Morgan fingerprint density at radius 1 is 1.30 bits per heavy atom. The molecule has 0 aliphatic heterocycles. The third-order valence-electron chi connectivity index (χ3n) is 2.97. The summed E-state index contributed by atoms with van der Waals surface area (Å²) < 4.78 is 10.8. The third kappa shape index (κ3) is 3.70. The van der Waals surface area contributed by atoms with E-state index in [1.54, 1.807) is 12.3 Å². The lowest BCUT2D eigenvalue weighted by Gasteiger charge is -2.13. The van der Waals surface area contributed by atoms with E-state index in [2.05, 4.69) is 11.9 Å². The van der Waals surface area contributed by atoms with Crippen molar-refractivity contribution in [1.29, 1.82) is 0 Å². The number of ether oxygens (including phenoxy) is 2. The van der Waals surface area contributed by atoms with E-state index in [-0.39, 0.29) is 18.7 Å². The first-order chi connectivity index (χ1) is 9.70. The minimum Gasteiger partial charge on any atom is -0.480 e. The highest BCUT2D eigenvalue weighted by molar-refractivity contribution is 5.84. The van der Waals surface area contributed by atoms with Gasteiger partial charge in [0.1, 0.15) is 11.3 Å². The molecule has 4 nitrogen and oxygen atoms in total. The van der Waals surface area contributed by atoms with E-state index < -0.39 is 0 Å². The molecule has 2 aromatic rings. The van der Waals surface area contributed by atoms with Gasteiger partial charge in [0.15, 0.2) is 6.61 Å². The Kier molecular flexibility index (Phi) is 4.93. The number of hydrogen-bond acceptors (Lipinski definition) is 4. The van der Waals surface area contributed by atoms with Crippen LogP contribution in [-0.4, -0.2) is 23.7 Å². The maximum absolute atomic E-state index is 11.7. The summed E-state index contributed by atoms with van der Waals surface area (Å²) in [6.45, 7) is 3.85. The molecule has 0 aliphatic carbocycles. The molecular formula is C16H19NO3. The number of para-hydroxylation sites is 1. The van der Waals surface area contributed by atoms with Crippen LogP contribution < -0.4 is 4.74 Å². The van der Waals surface area contributed by atoms with Crippen LogP contribution in [0.4, 0.5) is 0 Å². The molecule has 0 N–H and O–H groups in total. The van der Waals surface area contributed by atoms with E-state index in [9.17, 15) is 4.79 Å². The Labute approximate surface area is 118 Å². The lowest BCUT2D eigenvalue weighted by molar-refractivity contribution is -0.150. The van der Waals surface area contributed by atoms with Gasteiger partial charge in [0, 0.05) is 11.6 Å². The minimum absolute atomic E-state index is 0.0678. The van der Waals surface area contributed by atoms with Gasteiger partial charge in [0.05, 0.1) is 6.10 Å². The molecule has 20 heavy (non-hydrogen) atoms. The van der Waals surface area contributed by atoms with Crippen LogP contribution in [-0.2, 0) is 9.53 Å². The average Bonchev–Trinajstić information content (AvgIpc) is 2.45. The topological polar surface area (TPSA) is 48.4 Å². The fourth-order valence-corrected chi connectivity index (χ4v) is 2.05. The molecule has 0 radical (unpaired) electrons. The molecule has 0 saturated carbocycles. The molecule has 1 atom stereocenters. The van der Waals surface area contributed by atoms with Crippen molar-refractivity contribution >= 4 is 16.9 Å². The predicted molar refractivity (Wildman–Crippen MR) is 77.7 cm³/mol. The van der Waals surface area contributed by atoms with Gasteiger partial charge in [-0.3, -0.25) is 4.98 Å². The highest BCUT2D eigenvalue weighted by Gasteiger charge is 2.10. The number of nitrogens with zero attached hydrogens (tertiary/aromatic N) is 1. The first kappa shape index (κ1) is 14.3. The summed E-state index contributed by atoms with van der Waals surface area (Å²) in [4.78, 5) is 15.9. The van der Waals surface area contributed by atoms with E-state index >= 15 is 0 Å². The standard InChI is InChI=1S/C16H19NO3/c1-3-6-12(2)20-15(18)11-19-14-9-4-7-13-8-5-10-17-16(13)14/h4-5,7-10,12H,3,6,11H2,1-2H3. The van der Waals surface area contributed by atoms with Crippen LogP contribution >= 0.6 is 0 Å². The zero-order valence-electron chi connectivity index (χ0n) is 11.8. The number of rotatable bonds is 6. The number of carbonyl (C=O) groups is 1. The summed E-state index contributed by atoms with van der Waals surface area (Å²) >= 11 is 0. The molecule has 0 fully saturated rings. The molecule has 0 bridgehead atoms. The largest absolute Gasteiger partial charge is 0.480 e. The van der Waals surface area contributed by atoms with Crippen LogP contribution in [0, 0.1) is 0 Å². The van der Waals surface area contributed by atoms with Gasteiger partial charge in [0.25, 0.3) is 0 Å². The molecule has 0 amide bonds. The third-order valence-corrected chi connectivity index (χ3v) is 2.97. The van der Waals surface area contributed by atoms with Gasteiger partial charge in [0.2, 0.25) is 0 Å². The van der Waals surface area contributed by atoms with E-state index in [0.29, 0.717) is 5.75 Å². The van der Waals surface area contributed by atoms with Crippen LogP contribution in [0.15, 0.2) is 36.5 Å². The highest BCUT2D eigenvalue weighted by Crippen LogP contribution is 2.22. The predicted octanol–water partition coefficient (Wildman–Crippen LogP) is 3.35. The molecule has 0 spiro atoms. The van der Waals surface area contributed by atoms with Crippen molar-refractivity contribution in [1.82, 2.24) is 4.98 Å². The summed E-state index contributed by atoms with van der Waals surface area (Å²) in [6.07, 6.45) is 3.49. The maximum atomic E-state index is 11.7. The van der Waals surface area contributed by atoms with Crippen LogP contribution in [0.25, 0.3) is 10.9 Å². The molecule has 1 aromatic heterocycles. The minimum atomic E-state index is -0.348. The lowest BCUT2D eigenvalue weighted by Crippen LogP contribution is -2.20. The van der Waals surface area contributed by atoms with Crippen molar-refractivity contribution in [2.24, 2.45) is 0 Å². The molecule has 1 unspecified atom stereocenters. The summed E-state index contributed by atoms with van der Waals surface area (Å²) in [6, 6.07) is 9.46. The Bertz CT molecular complexity index is 577. The normalized spacial score (nSPS) is 12.1. The van der Waals surface area contributed by atoms with Gasteiger partial charge in [-0.05, 0) is 25.5 Å². The molecule has 1 aromatic carbocycles. The van der Waals surface area contributed by atoms with Crippen LogP contribution in [0.5, 0.6) is 5.75 Å². The number of benzene rings is 1. The van der Waals surface area contributed by atoms with Crippen molar-refractivity contribution in [2.75, 3.05) is 6.61 Å². The van der Waals surface area contributed by atoms with E-state index in [1.807, 2.05) is 31.2 Å². The van der Waals surface area contributed by atoms with E-state index in [0.717, 1.165) is 23.7 Å². The Morgan fingerprint density at radius 3 is 2.90 bits per heavy atom. The van der Waals surface area contributed by atoms with Gasteiger partial charge >= 0.3 is 5.97 Å². The molecule has 4 heteroatoms. The number of esters is 1. The molecule has 2 rings (SSSR count). The molecule has 0 aliphatic rings. The van der Waals surface area contributed by atoms with Crippen molar-refractivity contribution in [2.45, 2.75) is 32.8 Å². The maximum Gasteiger partial charge on any atom is 0.344 e. The van der Waals surface area contributed by atoms with Gasteiger partial charge in [-0.1, -0.05) is 31.5 Å². The number of carbonyl (C=O) groups excluding carboxylic acids is 1. The second-order valence-corrected chi connectivity index (χ2v) is 4.71. The van der Waals surface area contributed by atoms with Gasteiger partial charge in [-0.25, -0.2) is 4.79 Å². The van der Waals surface area contributed by atoms with Gasteiger partial charge in [-0.2, -0.15) is 0 Å². The molecule has 0 saturated heterocycles. The summed E-state index contributed by atoms with van der Waals surface area (Å²) in [5.41, 5.74) is 0.754. The zero-order chi connectivity index (χ0) is 14.4. The lowest BCUT2D eigenvalue weighted by atomic mass is 10.2. The number of pyridine rings is 1. The van der Waals surface area contributed by atoms with Crippen molar-refractivity contribution in [3.8, 4) is 5.75 Å². The second-order valence-electron chi connectivity index (χ2n) is 4.71. The Hall–Kier alpha value is -2.10. The SMILES string of the molecule is CCCC(C)OC(=O)COc1cccc2cccnc12. The zero-order valence-corrected chi connectivity index (χ0v) is 11.8. The van der Waals surface area contributed by atoms with Crippen LogP contribution in [0.2, 0.25) is 0 Å². The Balaban J connectivity index is 1.97. The fraction of sp³-hybridized carbons (Fsp3) is 0.375. The Morgan fingerprint density at radius 2 is 2.10 bits per heavy atom. The first-order valence-corrected chi connectivity index (χ1v) is 6.86. The number of aromatic nitrogens is 1. The quantitative estimate of drug-likeness (QED) is 0.757. The highest BCUT2D eigenvalue weighted by atomic mass is 16.6. The number of hydrogen-bond donors (Lipinski definition) is 0. The molecule has 1 heterocycles. The summed E-state index contributed by atoms with van der Waals surface area (Å²) in [5, 5.41) is 0.984. The molecular weight excluding hydrogens is 254 g/mol. The summed E-state index contributed by atoms with van der Waals surface area (Å²) in [5.74, 6) is 0.252. The average molecular weight is 273 g/mol. The van der Waals surface area contributed by atoms with Crippen LogP contribution in [0.3, 0.4) is 0 Å². The first-order valence-electron chi connectivity index (χ1n) is 6.86. The smallest absolute Gasteiger partial charge is 0.344 e. The van der Waals surface area contributed by atoms with Gasteiger partial charge < -0.3 is 9.47 Å². The van der Waals surface area contributed by atoms with E-state index in [4.69, 9.17) is 9.47 Å². The van der Waals surface area contributed by atoms with Crippen molar-refractivity contribution in [3.05, 3.63) is 36.5 Å². The monoisotopic (exact) mass is 273 g/mol. The van der Waals surface area contributed by atoms with Crippen molar-refractivity contribution in [3.63, 3.8) is 0 Å². The van der Waals surface area contributed by atoms with Crippen LogP contribution in [0.1, 0.15) is 26.7 Å². The van der Waals surface area contributed by atoms with Gasteiger partial charge in [-0.15, -0.1) is 0 Å². The summed E-state index contributed by atoms with van der Waals surface area (Å²) in [7, 11) is 0.